The maximum atomic E-state index is 6.71. The van der Waals surface area contributed by atoms with Gasteiger partial charge >= 0.3 is 0 Å². The molecule has 1 fully saturated rings. The molecule has 0 radical (unpaired) electrons. The minimum atomic E-state index is 0.0757. The molecule has 6 rings (SSSR count). The van der Waals surface area contributed by atoms with Crippen LogP contribution < -0.4 is 10.6 Å². The first-order valence-corrected chi connectivity index (χ1v) is 10.6. The fourth-order valence-corrected chi connectivity index (χ4v) is 5.26. The Morgan fingerprint density at radius 3 is 2.57 bits per heavy atom. The highest BCUT2D eigenvalue weighted by Gasteiger charge is 2.46. The minimum absolute atomic E-state index is 0.0757. The van der Waals surface area contributed by atoms with Crippen molar-refractivity contribution < 1.29 is 0 Å². The predicted molar refractivity (Wildman–Crippen MR) is 117 cm³/mol. The molecule has 4 aromatic rings. The second-order valence-electron chi connectivity index (χ2n) is 8.50. The van der Waals surface area contributed by atoms with Crippen molar-refractivity contribution in [3.05, 3.63) is 78.4 Å². The smallest absolute Gasteiger partial charge is 0.154 e. The summed E-state index contributed by atoms with van der Waals surface area (Å²) in [5.74, 6) is 1.00. The molecule has 3 aromatic heterocycles. The highest BCUT2D eigenvalue weighted by atomic mass is 15.3. The summed E-state index contributed by atoms with van der Waals surface area (Å²) in [6.07, 6.45) is 8.76. The number of hydrogen-bond acceptors (Lipinski definition) is 5. The van der Waals surface area contributed by atoms with E-state index in [0.717, 1.165) is 54.9 Å². The summed E-state index contributed by atoms with van der Waals surface area (Å²) in [5, 5.41) is 4.58. The van der Waals surface area contributed by atoms with Crippen molar-refractivity contribution in [2.75, 3.05) is 18.0 Å². The van der Waals surface area contributed by atoms with Crippen molar-refractivity contribution in [1.82, 2.24) is 19.6 Å². The summed E-state index contributed by atoms with van der Waals surface area (Å²) in [5.41, 5.74) is 12.4. The number of rotatable bonds is 2. The van der Waals surface area contributed by atoms with Gasteiger partial charge in [-0.1, -0.05) is 36.4 Å². The molecule has 6 nitrogen and oxygen atoms in total. The molecule has 2 N–H and O–H groups in total. The largest absolute Gasteiger partial charge is 0.355 e. The van der Waals surface area contributed by atoms with Crippen LogP contribution in [0.2, 0.25) is 0 Å². The van der Waals surface area contributed by atoms with Gasteiger partial charge < -0.3 is 10.6 Å². The summed E-state index contributed by atoms with van der Waals surface area (Å²) in [6, 6.07) is 16.6. The molecule has 4 heterocycles. The van der Waals surface area contributed by atoms with E-state index in [9.17, 15) is 0 Å². The lowest BCUT2D eigenvalue weighted by Gasteiger charge is -2.42. The van der Waals surface area contributed by atoms with E-state index in [4.69, 9.17) is 10.7 Å². The van der Waals surface area contributed by atoms with Gasteiger partial charge in [0, 0.05) is 36.6 Å². The summed E-state index contributed by atoms with van der Waals surface area (Å²) in [4.78, 5) is 11.9. The Bertz CT molecular complexity index is 1210. The SMILES string of the molecule is NC1c2cccnc2CC12CCN(c1ncc(-c3ccccc3)n3nccc13)CC2. The van der Waals surface area contributed by atoms with E-state index in [2.05, 4.69) is 39.2 Å². The number of anilines is 1. The molecule has 6 heteroatoms. The van der Waals surface area contributed by atoms with Gasteiger partial charge in [0.05, 0.1) is 18.1 Å². The van der Waals surface area contributed by atoms with E-state index in [1.165, 1.54) is 11.3 Å². The Kier molecular flexibility index (Phi) is 3.89. The molecule has 1 spiro atoms. The van der Waals surface area contributed by atoms with Gasteiger partial charge in [-0.15, -0.1) is 0 Å². The van der Waals surface area contributed by atoms with Gasteiger partial charge in [0.1, 0.15) is 5.52 Å². The zero-order valence-corrected chi connectivity index (χ0v) is 16.8. The van der Waals surface area contributed by atoms with E-state index in [0.29, 0.717) is 0 Å². The molecule has 1 saturated heterocycles. The van der Waals surface area contributed by atoms with Crippen molar-refractivity contribution in [3.8, 4) is 11.3 Å². The first-order valence-electron chi connectivity index (χ1n) is 10.6. The van der Waals surface area contributed by atoms with Crippen LogP contribution in [-0.4, -0.2) is 32.7 Å². The standard InChI is InChI=1S/C24H24N6/c25-22-18-7-4-11-26-19(18)15-24(22)9-13-29(14-10-24)23-20-8-12-28-30(20)21(16-27-23)17-5-2-1-3-6-17/h1-8,11-12,16,22H,9-10,13-15,25H2. The Morgan fingerprint density at radius 1 is 0.933 bits per heavy atom. The molecule has 2 aliphatic rings. The third-order valence-electron chi connectivity index (χ3n) is 6.98. The Morgan fingerprint density at radius 2 is 1.77 bits per heavy atom. The van der Waals surface area contributed by atoms with Gasteiger partial charge in [-0.05, 0) is 42.4 Å². The third kappa shape index (κ3) is 2.57. The first kappa shape index (κ1) is 17.6. The molecule has 1 aliphatic carbocycles. The van der Waals surface area contributed by atoms with Crippen molar-refractivity contribution in [2.45, 2.75) is 25.3 Å². The third-order valence-corrected chi connectivity index (χ3v) is 6.98. The highest BCUT2D eigenvalue weighted by molar-refractivity contribution is 5.73. The number of nitrogens with zero attached hydrogens (tertiary/aromatic N) is 5. The fourth-order valence-electron chi connectivity index (χ4n) is 5.26. The van der Waals surface area contributed by atoms with Gasteiger partial charge in [-0.3, -0.25) is 4.98 Å². The maximum Gasteiger partial charge on any atom is 0.154 e. The summed E-state index contributed by atoms with van der Waals surface area (Å²) < 4.78 is 2.00. The number of hydrogen-bond donors (Lipinski definition) is 1. The second kappa shape index (κ2) is 6.64. The first-order chi connectivity index (χ1) is 14.8. The monoisotopic (exact) mass is 396 g/mol. The van der Waals surface area contributed by atoms with E-state index in [1.807, 2.05) is 47.4 Å². The molecule has 0 amide bonds. The van der Waals surface area contributed by atoms with Gasteiger partial charge in [-0.2, -0.15) is 5.10 Å². The lowest BCUT2D eigenvalue weighted by atomic mass is 9.73. The predicted octanol–water partition coefficient (Wildman–Crippen LogP) is 3.63. The van der Waals surface area contributed by atoms with E-state index >= 15 is 0 Å². The quantitative estimate of drug-likeness (QED) is 0.560. The lowest BCUT2D eigenvalue weighted by Crippen LogP contribution is -2.44. The topological polar surface area (TPSA) is 72.3 Å². The van der Waals surface area contributed by atoms with Crippen LogP contribution >= 0.6 is 0 Å². The van der Waals surface area contributed by atoms with E-state index in [1.54, 1.807) is 0 Å². The normalized spacial score (nSPS) is 20.0. The zero-order chi connectivity index (χ0) is 20.1. The molecule has 0 saturated carbocycles. The van der Waals surface area contributed by atoms with Crippen LogP contribution in [0.15, 0.2) is 67.1 Å². The molecule has 1 aliphatic heterocycles. The van der Waals surface area contributed by atoms with Crippen molar-refractivity contribution in [2.24, 2.45) is 11.1 Å². The number of aromatic nitrogens is 4. The lowest BCUT2D eigenvalue weighted by molar-refractivity contribution is 0.187. The van der Waals surface area contributed by atoms with Crippen LogP contribution in [0.1, 0.15) is 30.1 Å². The zero-order valence-electron chi connectivity index (χ0n) is 16.8. The molecule has 1 unspecified atom stereocenters. The average molecular weight is 396 g/mol. The summed E-state index contributed by atoms with van der Waals surface area (Å²) in [6.45, 7) is 1.89. The van der Waals surface area contributed by atoms with E-state index in [-0.39, 0.29) is 11.5 Å². The van der Waals surface area contributed by atoms with Crippen molar-refractivity contribution in [1.29, 1.82) is 0 Å². The fraction of sp³-hybridized carbons (Fsp3) is 0.292. The van der Waals surface area contributed by atoms with Crippen LogP contribution in [0.4, 0.5) is 5.82 Å². The highest BCUT2D eigenvalue weighted by Crippen LogP contribution is 2.50. The number of fused-ring (bicyclic) bond motifs is 2. The van der Waals surface area contributed by atoms with Gasteiger partial charge in [0.25, 0.3) is 0 Å². The molecular weight excluding hydrogens is 372 g/mol. The number of nitrogens with two attached hydrogens (primary N) is 1. The molecule has 1 atom stereocenters. The van der Waals surface area contributed by atoms with Crippen LogP contribution in [0.25, 0.3) is 16.8 Å². The van der Waals surface area contributed by atoms with Gasteiger partial charge in [0.2, 0.25) is 0 Å². The molecule has 0 bridgehead atoms. The van der Waals surface area contributed by atoms with Crippen LogP contribution in [-0.2, 0) is 6.42 Å². The number of pyridine rings is 1. The summed E-state index contributed by atoms with van der Waals surface area (Å²) >= 11 is 0. The minimum Gasteiger partial charge on any atom is -0.355 e. The molecule has 150 valence electrons. The Balaban J connectivity index is 1.29. The maximum absolute atomic E-state index is 6.71. The number of benzene rings is 1. The number of piperidine rings is 1. The molecule has 1 aromatic carbocycles. The van der Waals surface area contributed by atoms with Crippen LogP contribution in [0, 0.1) is 5.41 Å². The van der Waals surface area contributed by atoms with Crippen molar-refractivity contribution in [3.63, 3.8) is 0 Å². The van der Waals surface area contributed by atoms with Gasteiger partial charge in [-0.25, -0.2) is 9.50 Å². The van der Waals surface area contributed by atoms with Gasteiger partial charge in [0.15, 0.2) is 5.82 Å². The van der Waals surface area contributed by atoms with Crippen LogP contribution in [0.5, 0.6) is 0 Å². The average Bonchev–Trinajstić information content (AvgIpc) is 3.39. The Labute approximate surface area is 175 Å². The molecule has 30 heavy (non-hydrogen) atoms. The van der Waals surface area contributed by atoms with E-state index < -0.39 is 0 Å². The second-order valence-corrected chi connectivity index (χ2v) is 8.50. The van der Waals surface area contributed by atoms with Crippen LogP contribution in [0.3, 0.4) is 0 Å². The Hall–Kier alpha value is -3.25. The van der Waals surface area contributed by atoms with Crippen molar-refractivity contribution >= 4 is 11.3 Å². The molecular formula is C24H24N6. The summed E-state index contributed by atoms with van der Waals surface area (Å²) in [7, 11) is 0.